The summed E-state index contributed by atoms with van der Waals surface area (Å²) in [5, 5.41) is 0. The second-order valence-electron chi connectivity index (χ2n) is 7.21. The summed E-state index contributed by atoms with van der Waals surface area (Å²) in [5.74, 6) is 3.71. The summed E-state index contributed by atoms with van der Waals surface area (Å²) < 4.78 is 34.7. The van der Waals surface area contributed by atoms with Gasteiger partial charge < -0.3 is 9.47 Å². The first-order chi connectivity index (χ1) is 13.2. The molecular formula is C21H20F2N2O2Si. The minimum Gasteiger partial charge on any atom is -0.497 e. The van der Waals surface area contributed by atoms with Crippen LogP contribution in [0.4, 0.5) is 8.78 Å². The average molecular weight is 398 g/mol. The standard InChI is InChI=1S/C21H20F2N2O2Si/c1-26-16-7-5-15(6-8-16)17-11-14(9-10-28(2,3)4)12-18-20(17)24-13-19(25-18)27-21(22)23/h5-8,11-13,21H,1-4H3. The number of benzene rings is 2. The second kappa shape index (κ2) is 7.95. The number of fused-ring (bicyclic) bond motifs is 1. The first kappa shape index (κ1) is 19.8. The fourth-order valence-corrected chi connectivity index (χ4v) is 3.10. The minimum absolute atomic E-state index is 0.224. The Hall–Kier alpha value is -2.98. The van der Waals surface area contributed by atoms with Gasteiger partial charge in [0.1, 0.15) is 13.8 Å². The summed E-state index contributed by atoms with van der Waals surface area (Å²) in [6, 6.07) is 11.2. The molecule has 3 rings (SSSR count). The highest BCUT2D eigenvalue weighted by molar-refractivity contribution is 6.83. The maximum Gasteiger partial charge on any atom is 0.388 e. The maximum atomic E-state index is 12.5. The molecule has 0 unspecified atom stereocenters. The fraction of sp³-hybridized carbons (Fsp3) is 0.238. The van der Waals surface area contributed by atoms with E-state index in [4.69, 9.17) is 4.74 Å². The van der Waals surface area contributed by atoms with E-state index >= 15 is 0 Å². The number of ether oxygens (including phenoxy) is 2. The predicted octanol–water partition coefficient (Wildman–Crippen LogP) is 5.14. The monoisotopic (exact) mass is 398 g/mol. The van der Waals surface area contributed by atoms with Gasteiger partial charge >= 0.3 is 6.61 Å². The zero-order valence-corrected chi connectivity index (χ0v) is 17.1. The summed E-state index contributed by atoms with van der Waals surface area (Å²) in [4.78, 5) is 8.51. The van der Waals surface area contributed by atoms with E-state index in [0.717, 1.165) is 22.4 Å². The van der Waals surface area contributed by atoms with Crippen LogP contribution in [0.25, 0.3) is 22.2 Å². The van der Waals surface area contributed by atoms with Gasteiger partial charge in [-0.15, -0.1) is 5.54 Å². The first-order valence-corrected chi connectivity index (χ1v) is 12.2. The Bertz CT molecular complexity index is 1050. The Morgan fingerprint density at radius 1 is 1.07 bits per heavy atom. The van der Waals surface area contributed by atoms with Crippen molar-refractivity contribution in [1.29, 1.82) is 0 Å². The molecule has 4 nitrogen and oxygen atoms in total. The van der Waals surface area contributed by atoms with Crippen molar-refractivity contribution in [2.24, 2.45) is 0 Å². The number of hydrogen-bond donors (Lipinski definition) is 0. The van der Waals surface area contributed by atoms with Gasteiger partial charge in [0.15, 0.2) is 0 Å². The summed E-state index contributed by atoms with van der Waals surface area (Å²) in [7, 11) is 0.0174. The molecule has 0 aliphatic heterocycles. The van der Waals surface area contributed by atoms with E-state index in [-0.39, 0.29) is 5.88 Å². The molecule has 28 heavy (non-hydrogen) atoms. The van der Waals surface area contributed by atoms with E-state index < -0.39 is 14.7 Å². The third kappa shape index (κ3) is 4.84. The van der Waals surface area contributed by atoms with Crippen molar-refractivity contribution in [1.82, 2.24) is 9.97 Å². The van der Waals surface area contributed by atoms with Gasteiger partial charge in [-0.25, -0.2) is 9.97 Å². The molecule has 0 aliphatic carbocycles. The second-order valence-corrected chi connectivity index (χ2v) is 12.0. The highest BCUT2D eigenvalue weighted by atomic mass is 28.3. The molecule has 0 amide bonds. The maximum absolute atomic E-state index is 12.5. The largest absolute Gasteiger partial charge is 0.497 e. The van der Waals surface area contributed by atoms with Crippen LogP contribution in [-0.4, -0.2) is 31.8 Å². The SMILES string of the molecule is COc1ccc(-c2cc(C#C[Si](C)(C)C)cc3nc(OC(F)F)cnc23)cc1. The van der Waals surface area contributed by atoms with Crippen molar-refractivity contribution < 1.29 is 18.3 Å². The molecule has 0 saturated heterocycles. The molecule has 0 atom stereocenters. The lowest BCUT2D eigenvalue weighted by atomic mass is 10.0. The molecule has 0 spiro atoms. The van der Waals surface area contributed by atoms with Crippen LogP contribution >= 0.6 is 0 Å². The Morgan fingerprint density at radius 3 is 2.39 bits per heavy atom. The average Bonchev–Trinajstić information content (AvgIpc) is 2.64. The van der Waals surface area contributed by atoms with Crippen LogP contribution < -0.4 is 9.47 Å². The van der Waals surface area contributed by atoms with E-state index in [0.29, 0.717) is 11.0 Å². The van der Waals surface area contributed by atoms with Crippen molar-refractivity contribution in [3.05, 3.63) is 48.2 Å². The lowest BCUT2D eigenvalue weighted by molar-refractivity contribution is -0.0528. The molecule has 0 saturated carbocycles. The zero-order chi connectivity index (χ0) is 20.3. The molecule has 0 fully saturated rings. The molecule has 144 valence electrons. The number of halogens is 2. The van der Waals surface area contributed by atoms with Crippen LogP contribution in [0.2, 0.25) is 19.6 Å². The Morgan fingerprint density at radius 2 is 1.79 bits per heavy atom. The topological polar surface area (TPSA) is 44.2 Å². The van der Waals surface area contributed by atoms with E-state index in [1.807, 2.05) is 30.3 Å². The van der Waals surface area contributed by atoms with Crippen LogP contribution in [0.1, 0.15) is 5.56 Å². The van der Waals surface area contributed by atoms with Crippen LogP contribution in [0, 0.1) is 11.5 Å². The number of hydrogen-bond acceptors (Lipinski definition) is 4. The Labute approximate surface area is 163 Å². The van der Waals surface area contributed by atoms with Crippen molar-refractivity contribution in [2.75, 3.05) is 7.11 Å². The zero-order valence-electron chi connectivity index (χ0n) is 16.1. The third-order valence-electron chi connectivity index (χ3n) is 3.82. The van der Waals surface area contributed by atoms with Crippen LogP contribution in [0.5, 0.6) is 11.6 Å². The van der Waals surface area contributed by atoms with Gasteiger partial charge in [0.25, 0.3) is 0 Å². The van der Waals surface area contributed by atoms with E-state index in [2.05, 4.69) is 45.8 Å². The number of aromatic nitrogens is 2. The predicted molar refractivity (Wildman–Crippen MR) is 108 cm³/mol. The smallest absolute Gasteiger partial charge is 0.388 e. The van der Waals surface area contributed by atoms with Crippen molar-refractivity contribution in [3.63, 3.8) is 0 Å². The molecule has 0 radical (unpaired) electrons. The van der Waals surface area contributed by atoms with Gasteiger partial charge in [0.05, 0.1) is 24.3 Å². The lowest BCUT2D eigenvalue weighted by Crippen LogP contribution is -2.16. The van der Waals surface area contributed by atoms with Gasteiger partial charge in [-0.2, -0.15) is 8.78 Å². The molecule has 7 heteroatoms. The van der Waals surface area contributed by atoms with E-state index in [1.54, 1.807) is 13.2 Å². The minimum atomic E-state index is -2.96. The Balaban J connectivity index is 2.19. The summed E-state index contributed by atoms with van der Waals surface area (Å²) in [5.41, 5.74) is 6.83. The highest BCUT2D eigenvalue weighted by Crippen LogP contribution is 2.30. The number of nitrogens with zero attached hydrogens (tertiary/aromatic N) is 2. The van der Waals surface area contributed by atoms with Crippen molar-refractivity contribution in [2.45, 2.75) is 26.3 Å². The summed E-state index contributed by atoms with van der Waals surface area (Å²) in [6.07, 6.45) is 1.20. The quantitative estimate of drug-likeness (QED) is 0.451. The molecular weight excluding hydrogens is 378 g/mol. The molecule has 0 aliphatic rings. The first-order valence-electron chi connectivity index (χ1n) is 8.68. The highest BCUT2D eigenvalue weighted by Gasteiger charge is 2.13. The van der Waals surface area contributed by atoms with Gasteiger partial charge in [0, 0.05) is 11.1 Å². The van der Waals surface area contributed by atoms with E-state index in [9.17, 15) is 8.78 Å². The van der Waals surface area contributed by atoms with Crippen molar-refractivity contribution in [3.8, 4) is 34.2 Å². The van der Waals surface area contributed by atoms with Gasteiger partial charge in [-0.3, -0.25) is 0 Å². The molecule has 3 aromatic rings. The lowest BCUT2D eigenvalue weighted by Gasteiger charge is -2.10. The third-order valence-corrected chi connectivity index (χ3v) is 4.69. The molecule has 1 aromatic heterocycles. The normalized spacial score (nSPS) is 11.2. The van der Waals surface area contributed by atoms with Gasteiger partial charge in [-0.1, -0.05) is 37.7 Å². The van der Waals surface area contributed by atoms with Crippen LogP contribution in [-0.2, 0) is 0 Å². The molecule has 2 aromatic carbocycles. The van der Waals surface area contributed by atoms with Gasteiger partial charge in [0.2, 0.25) is 5.88 Å². The number of alkyl halides is 2. The number of rotatable bonds is 4. The van der Waals surface area contributed by atoms with Crippen LogP contribution in [0.15, 0.2) is 42.6 Å². The molecule has 0 N–H and O–H groups in total. The van der Waals surface area contributed by atoms with Crippen molar-refractivity contribution >= 4 is 19.1 Å². The van der Waals surface area contributed by atoms with Gasteiger partial charge in [-0.05, 0) is 29.8 Å². The van der Waals surface area contributed by atoms with E-state index in [1.165, 1.54) is 6.20 Å². The fourth-order valence-electron chi connectivity index (χ4n) is 2.58. The molecule has 0 bridgehead atoms. The number of methoxy groups -OCH3 is 1. The Kier molecular flexibility index (Phi) is 5.61. The summed E-state index contributed by atoms with van der Waals surface area (Å²) >= 11 is 0. The molecule has 1 heterocycles. The van der Waals surface area contributed by atoms with Crippen LogP contribution in [0.3, 0.4) is 0 Å². The summed E-state index contributed by atoms with van der Waals surface area (Å²) in [6.45, 7) is 3.50.